The van der Waals surface area contributed by atoms with Gasteiger partial charge in [-0.3, -0.25) is 0 Å². The topological polar surface area (TPSA) is 142 Å². The van der Waals surface area contributed by atoms with Crippen LogP contribution < -0.4 is 28.9 Å². The monoisotopic (exact) mass is 1660 g/mol. The van der Waals surface area contributed by atoms with E-state index in [-0.39, 0.29) is 192 Å². The average Bonchev–Trinajstić information content (AvgIpc) is 1.57. The first kappa shape index (κ1) is 70.6. The third-order valence-electron chi connectivity index (χ3n) is 17.3. The predicted octanol–water partition coefficient (Wildman–Crippen LogP) is 27.8. The van der Waals surface area contributed by atoms with Gasteiger partial charge in [0, 0.05) is 88.6 Å². The second-order valence-electron chi connectivity index (χ2n) is 23.4. The predicted molar refractivity (Wildman–Crippen MR) is 422 cm³/mol. The zero-order valence-electron chi connectivity index (χ0n) is 53.2. The van der Waals surface area contributed by atoms with Crippen molar-refractivity contribution in [2.75, 3.05) is 0 Å². The molecule has 8 bridgehead atoms. The molecular formula is C80H36Cl12N8O4Zn. The van der Waals surface area contributed by atoms with Crippen molar-refractivity contribution in [3.05, 3.63) is 279 Å². The van der Waals surface area contributed by atoms with Gasteiger partial charge < -0.3 is 48.9 Å². The maximum atomic E-state index is 7.76. The van der Waals surface area contributed by atoms with Crippen LogP contribution in [0.4, 0.5) is 0 Å². The van der Waals surface area contributed by atoms with Crippen LogP contribution in [0, 0.1) is 0 Å². The molecule has 0 spiro atoms. The molecule has 0 saturated heterocycles. The fourth-order valence-corrected chi connectivity index (χ4v) is 16.0. The molecule has 2 aliphatic rings. The molecule has 2 aliphatic heterocycles. The Bertz CT molecular complexity index is 6300. The van der Waals surface area contributed by atoms with Crippen molar-refractivity contribution in [3.8, 4) is 136 Å². The number of hydrogen-bond donors (Lipinski definition) is 0. The molecule has 15 aromatic rings. The minimum absolute atomic E-state index is 0. The normalized spacial score (nSPS) is 11.5. The van der Waals surface area contributed by atoms with Gasteiger partial charge in [0.2, 0.25) is 0 Å². The third-order valence-corrected chi connectivity index (χ3v) is 22.1. The van der Waals surface area contributed by atoms with Crippen molar-refractivity contribution in [2.45, 2.75) is 0 Å². The fraction of sp³-hybridized carbons (Fsp3) is 0. The molecule has 3 aromatic heterocycles. The van der Waals surface area contributed by atoms with Crippen LogP contribution in [0.2, 0.25) is 60.3 Å². The largest absolute Gasteiger partial charge is 2.00 e. The molecule has 5 heterocycles. The van der Waals surface area contributed by atoms with E-state index in [4.69, 9.17) is 198 Å². The van der Waals surface area contributed by atoms with E-state index in [9.17, 15) is 0 Å². The molecule has 105 heavy (non-hydrogen) atoms. The summed E-state index contributed by atoms with van der Waals surface area (Å²) >= 11 is 91.1. The van der Waals surface area contributed by atoms with Crippen molar-refractivity contribution >= 4 is 183 Å². The van der Waals surface area contributed by atoms with Crippen LogP contribution >= 0.6 is 139 Å². The van der Waals surface area contributed by atoms with E-state index in [1.807, 2.05) is 188 Å². The zero-order valence-corrected chi connectivity index (χ0v) is 65.3. The molecular weight excluding hydrogens is 1630 g/mol. The van der Waals surface area contributed by atoms with Gasteiger partial charge >= 0.3 is 19.5 Å². The van der Waals surface area contributed by atoms with Crippen LogP contribution in [-0.4, -0.2) is 29.9 Å². The van der Waals surface area contributed by atoms with E-state index in [0.29, 0.717) is 45.3 Å². The summed E-state index contributed by atoms with van der Waals surface area (Å²) in [5.41, 5.74) is 5.80. The number of halogens is 12. The first-order valence-electron chi connectivity index (χ1n) is 31.4. The number of hydrogen-bond acceptors (Lipinski definition) is 10. The maximum Gasteiger partial charge on any atom is 2.00 e. The zero-order chi connectivity index (χ0) is 71.3. The molecule has 0 aliphatic carbocycles. The van der Waals surface area contributed by atoms with Crippen LogP contribution in [0.1, 0.15) is 0 Å². The van der Waals surface area contributed by atoms with Gasteiger partial charge in [0.25, 0.3) is 0 Å². The molecule has 0 atom stereocenters. The number of aromatic nitrogens is 8. The molecule has 506 valence electrons. The summed E-state index contributed by atoms with van der Waals surface area (Å²) in [6.07, 6.45) is 0. The summed E-state index contributed by atoms with van der Waals surface area (Å²) in [7, 11) is 0. The van der Waals surface area contributed by atoms with Crippen LogP contribution in [0.3, 0.4) is 0 Å². The molecule has 17 rings (SSSR count). The molecule has 0 fully saturated rings. The van der Waals surface area contributed by atoms with E-state index in [1.165, 1.54) is 0 Å². The number of nitrogens with zero attached hydrogens (tertiary/aromatic N) is 8. The average molecular weight is 1660 g/mol. The summed E-state index contributed by atoms with van der Waals surface area (Å²) in [5, 5.41) is -1.14. The Kier molecular flexibility index (Phi) is 19.4. The van der Waals surface area contributed by atoms with Crippen LogP contribution in [0.5, 0.6) is 46.0 Å². The van der Waals surface area contributed by atoms with E-state index in [0.717, 1.165) is 22.3 Å². The van der Waals surface area contributed by atoms with Gasteiger partial charge in [-0.15, -0.1) is 0 Å². The summed E-state index contributed by atoms with van der Waals surface area (Å²) < 4.78 is 27.1. The fourth-order valence-electron chi connectivity index (χ4n) is 12.6. The third kappa shape index (κ3) is 12.3. The van der Waals surface area contributed by atoms with Crippen molar-refractivity contribution in [2.24, 2.45) is 0 Å². The Morgan fingerprint density at radius 1 is 0.210 bits per heavy atom. The number of ether oxygens (including phenoxy) is 4. The second-order valence-corrected chi connectivity index (χ2v) is 28.0. The van der Waals surface area contributed by atoms with Crippen molar-refractivity contribution in [1.29, 1.82) is 0 Å². The summed E-state index contributed by atoms with van der Waals surface area (Å²) in [4.78, 5) is 41.4. The Labute approximate surface area is 670 Å². The first-order chi connectivity index (χ1) is 50.6. The van der Waals surface area contributed by atoms with Gasteiger partial charge in [0.15, 0.2) is 23.0 Å². The van der Waals surface area contributed by atoms with Crippen molar-refractivity contribution in [3.63, 3.8) is 0 Å². The SMILES string of the molecule is Clc1c(Cl)c2c(c(Cl)c1Oc1ccccc1-c1ccccc1)-c1nc-2nc2[n-]c(nc3nc(nc4[n-]c(n1)c1c(Cl)c(Cl)c(Oc5ccccc5-c5ccccc5)c(Cl)c41)-c1c(Cl)c(Oc4ccccc4-c4ccccc4)c(Cl)c(Cl)c1-3)c1c(Cl)c(Cl)c(Oc3ccccc3-c3ccccc3)c(Cl)c21.[Zn+2]. The Hall–Kier alpha value is -8.70. The molecule has 0 radical (unpaired) electrons. The number of fused-ring (bicyclic) bond motifs is 20. The Morgan fingerprint density at radius 2 is 0.419 bits per heavy atom. The first-order valence-corrected chi connectivity index (χ1v) is 36.0. The van der Waals surface area contributed by atoms with Gasteiger partial charge in [0.1, 0.15) is 43.1 Å². The van der Waals surface area contributed by atoms with Gasteiger partial charge in [-0.25, -0.2) is 9.97 Å². The van der Waals surface area contributed by atoms with Crippen LogP contribution in [0.25, 0.3) is 134 Å². The van der Waals surface area contributed by atoms with Gasteiger partial charge in [-0.05, 0) is 46.5 Å². The van der Waals surface area contributed by atoms with Crippen LogP contribution in [-0.2, 0) is 19.5 Å². The minimum Gasteiger partial charge on any atom is -0.453 e. The number of rotatable bonds is 12. The van der Waals surface area contributed by atoms with Crippen molar-refractivity contribution in [1.82, 2.24) is 39.9 Å². The van der Waals surface area contributed by atoms with E-state index in [2.05, 4.69) is 0 Å². The van der Waals surface area contributed by atoms with Crippen molar-refractivity contribution < 1.29 is 38.4 Å². The summed E-state index contributed by atoms with van der Waals surface area (Å²) in [6.45, 7) is 0. The van der Waals surface area contributed by atoms with Gasteiger partial charge in [-0.1, -0.05) is 333 Å². The quantitative estimate of drug-likeness (QED) is 0.0849. The number of para-hydroxylation sites is 4. The van der Waals surface area contributed by atoms with E-state index >= 15 is 0 Å². The number of benzene rings is 12. The summed E-state index contributed by atoms with van der Waals surface area (Å²) in [6, 6.07) is 67.8. The standard InChI is InChI=1S/C80H36Cl12N8O4.Zn/c81-57-49-53(61(85)69(65(57)89)101-45-33-17-13-29-41(45)37-21-5-1-6-22-37)77-94-73(49)93-74-50-55(63(87)71(66(90)58(50)82)103-47-35-19-15-31-43(47)39-25-9-3-10-26-39)79(95-74)100-80-56-52(60(84)68(92)72(64(56)88)104-48-36-20-16-32-44(48)40-27-11-4-12-28-40)76(99-80)98-78-54-51(75(96-77)97-78)59(83)67(91)70(62(54)86)102-46-34-18-14-30-42(46)38-23-7-2-8-24-38;/h1-36H;/q-2;+2. The minimum atomic E-state index is -0.156. The molecule has 0 N–H and O–H groups in total. The molecule has 0 saturated carbocycles. The maximum absolute atomic E-state index is 7.76. The Balaban J connectivity index is 0.00000847. The van der Waals surface area contributed by atoms with E-state index in [1.54, 1.807) is 30.3 Å². The van der Waals surface area contributed by atoms with E-state index < -0.39 is 0 Å². The second kappa shape index (κ2) is 28.9. The molecule has 25 heteroatoms. The molecule has 12 aromatic carbocycles. The summed E-state index contributed by atoms with van der Waals surface area (Å²) in [5.74, 6) is 0.593. The molecule has 0 amide bonds. The van der Waals surface area contributed by atoms with Gasteiger partial charge in [-0.2, -0.15) is 0 Å². The smallest absolute Gasteiger partial charge is 0.453 e. The molecule has 12 nitrogen and oxygen atoms in total. The van der Waals surface area contributed by atoms with Crippen LogP contribution in [0.15, 0.2) is 218 Å². The Morgan fingerprint density at radius 3 is 0.686 bits per heavy atom. The van der Waals surface area contributed by atoms with Gasteiger partial charge in [0.05, 0.1) is 63.5 Å². The molecule has 0 unspecified atom stereocenters.